The minimum Gasteiger partial charge on any atom is -0.458 e. The van der Waals surface area contributed by atoms with Crippen molar-refractivity contribution in [2.24, 2.45) is 0 Å². The summed E-state index contributed by atoms with van der Waals surface area (Å²) in [4.78, 5) is 21.8. The molecule has 0 spiro atoms. The van der Waals surface area contributed by atoms with Gasteiger partial charge in [-0.3, -0.25) is 0 Å². The molecular formula is C22H25N3O2. The number of carbonyl (C=O) groups excluding carboxylic acids is 1. The van der Waals surface area contributed by atoms with Crippen molar-refractivity contribution in [1.82, 2.24) is 9.97 Å². The standard InChI is InChI=1S/C22H25N3O2/c1-14(2)27-22(26)20-21(23-11-10-17-8-6-5-7-9-17)25-19-13-16(4)15(3)12-18(19)24-20/h5-9,12-14H,10-11H2,1-4H3,(H,23,25). The van der Waals surface area contributed by atoms with E-state index in [-0.39, 0.29) is 11.8 Å². The minimum atomic E-state index is -0.458. The molecule has 0 amide bonds. The Kier molecular flexibility index (Phi) is 5.69. The van der Waals surface area contributed by atoms with Crippen LogP contribution in [0.3, 0.4) is 0 Å². The third-order valence-corrected chi connectivity index (χ3v) is 4.36. The number of carbonyl (C=O) groups is 1. The van der Waals surface area contributed by atoms with Crippen LogP contribution in [-0.4, -0.2) is 28.6 Å². The highest BCUT2D eigenvalue weighted by molar-refractivity contribution is 5.95. The number of fused-ring (bicyclic) bond motifs is 1. The fourth-order valence-corrected chi connectivity index (χ4v) is 2.82. The predicted molar refractivity (Wildman–Crippen MR) is 108 cm³/mol. The summed E-state index contributed by atoms with van der Waals surface area (Å²) in [7, 11) is 0. The van der Waals surface area contributed by atoms with E-state index in [1.54, 1.807) is 0 Å². The number of aryl methyl sites for hydroxylation is 2. The normalized spacial score (nSPS) is 11.0. The van der Waals surface area contributed by atoms with Crippen molar-refractivity contribution in [1.29, 1.82) is 0 Å². The number of anilines is 1. The van der Waals surface area contributed by atoms with Gasteiger partial charge in [0.25, 0.3) is 0 Å². The summed E-state index contributed by atoms with van der Waals surface area (Å²) in [6.07, 6.45) is 0.610. The second kappa shape index (κ2) is 8.16. The SMILES string of the molecule is Cc1cc2nc(NCCc3ccccc3)c(C(=O)OC(C)C)nc2cc1C. The molecule has 1 N–H and O–H groups in total. The van der Waals surface area contributed by atoms with Crippen LogP contribution in [0.2, 0.25) is 0 Å². The van der Waals surface area contributed by atoms with E-state index in [0.717, 1.165) is 23.1 Å². The van der Waals surface area contributed by atoms with Crippen molar-refractivity contribution in [3.8, 4) is 0 Å². The molecule has 0 radical (unpaired) electrons. The Morgan fingerprint density at radius 1 is 1.04 bits per heavy atom. The molecule has 2 aromatic carbocycles. The van der Waals surface area contributed by atoms with Gasteiger partial charge in [-0.1, -0.05) is 30.3 Å². The molecule has 3 rings (SSSR count). The molecule has 0 fully saturated rings. The maximum absolute atomic E-state index is 12.5. The van der Waals surface area contributed by atoms with Gasteiger partial charge in [-0.25, -0.2) is 14.8 Å². The zero-order valence-corrected chi connectivity index (χ0v) is 16.2. The minimum absolute atomic E-state index is 0.216. The molecule has 3 aromatic rings. The van der Waals surface area contributed by atoms with Gasteiger partial charge in [-0.2, -0.15) is 0 Å². The third-order valence-electron chi connectivity index (χ3n) is 4.36. The molecule has 0 aliphatic heterocycles. The molecule has 5 nitrogen and oxygen atoms in total. The smallest absolute Gasteiger partial charge is 0.361 e. The lowest BCUT2D eigenvalue weighted by Gasteiger charge is -2.14. The van der Waals surface area contributed by atoms with Crippen molar-refractivity contribution in [2.45, 2.75) is 40.2 Å². The van der Waals surface area contributed by atoms with Crippen molar-refractivity contribution >= 4 is 22.8 Å². The monoisotopic (exact) mass is 363 g/mol. The van der Waals surface area contributed by atoms with Crippen LogP contribution in [0.25, 0.3) is 11.0 Å². The predicted octanol–water partition coefficient (Wildman–Crippen LogP) is 4.47. The first-order valence-corrected chi connectivity index (χ1v) is 9.22. The van der Waals surface area contributed by atoms with Crippen LogP contribution in [0.4, 0.5) is 5.82 Å². The molecule has 0 aliphatic rings. The summed E-state index contributed by atoms with van der Waals surface area (Å²) in [5.41, 5.74) is 5.17. The Morgan fingerprint density at radius 3 is 2.30 bits per heavy atom. The zero-order valence-electron chi connectivity index (χ0n) is 16.2. The summed E-state index contributed by atoms with van der Waals surface area (Å²) in [6, 6.07) is 14.1. The summed E-state index contributed by atoms with van der Waals surface area (Å²) in [5.74, 6) is 0.00664. The fraction of sp³-hybridized carbons (Fsp3) is 0.318. The number of benzene rings is 2. The van der Waals surface area contributed by atoms with Gasteiger partial charge in [0.2, 0.25) is 0 Å². The highest BCUT2D eigenvalue weighted by atomic mass is 16.5. The Morgan fingerprint density at radius 2 is 1.67 bits per heavy atom. The number of nitrogens with one attached hydrogen (secondary N) is 1. The Balaban J connectivity index is 1.91. The molecule has 1 heterocycles. The number of nitrogens with zero attached hydrogens (tertiary/aromatic N) is 2. The second-order valence-corrected chi connectivity index (χ2v) is 6.96. The van der Waals surface area contributed by atoms with E-state index in [1.807, 2.05) is 58.0 Å². The molecule has 140 valence electrons. The van der Waals surface area contributed by atoms with Crippen LogP contribution in [-0.2, 0) is 11.2 Å². The fourth-order valence-electron chi connectivity index (χ4n) is 2.82. The maximum atomic E-state index is 12.5. The van der Waals surface area contributed by atoms with E-state index in [4.69, 9.17) is 4.74 Å². The van der Waals surface area contributed by atoms with Crippen molar-refractivity contribution < 1.29 is 9.53 Å². The molecule has 1 aromatic heterocycles. The van der Waals surface area contributed by atoms with Crippen molar-refractivity contribution in [3.05, 3.63) is 64.8 Å². The van der Waals surface area contributed by atoms with Crippen LogP contribution in [0.15, 0.2) is 42.5 Å². The lowest BCUT2D eigenvalue weighted by atomic mass is 10.1. The molecule has 0 atom stereocenters. The van der Waals surface area contributed by atoms with Gasteiger partial charge in [0, 0.05) is 6.54 Å². The first-order valence-electron chi connectivity index (χ1n) is 9.22. The first-order chi connectivity index (χ1) is 12.9. The first kappa shape index (κ1) is 18.8. The molecule has 0 aliphatic carbocycles. The Bertz CT molecular complexity index is 953. The van der Waals surface area contributed by atoms with Crippen molar-refractivity contribution in [3.63, 3.8) is 0 Å². The van der Waals surface area contributed by atoms with Crippen LogP contribution < -0.4 is 5.32 Å². The molecule has 0 bridgehead atoms. The van der Waals surface area contributed by atoms with Crippen LogP contribution in [0.1, 0.15) is 41.0 Å². The van der Waals surface area contributed by atoms with Crippen LogP contribution >= 0.6 is 0 Å². The van der Waals surface area contributed by atoms with E-state index in [0.29, 0.717) is 17.9 Å². The Hall–Kier alpha value is -2.95. The summed E-state index contributed by atoms with van der Waals surface area (Å²) in [5, 5.41) is 3.27. The van der Waals surface area contributed by atoms with Gasteiger partial charge >= 0.3 is 5.97 Å². The van der Waals surface area contributed by atoms with Gasteiger partial charge in [0.05, 0.1) is 17.1 Å². The van der Waals surface area contributed by atoms with Gasteiger partial charge in [-0.15, -0.1) is 0 Å². The Labute approximate surface area is 159 Å². The molecule has 0 saturated heterocycles. The van der Waals surface area contributed by atoms with Gasteiger partial charge in [-0.05, 0) is 62.9 Å². The largest absolute Gasteiger partial charge is 0.458 e. The van der Waals surface area contributed by atoms with E-state index in [2.05, 4.69) is 27.4 Å². The maximum Gasteiger partial charge on any atom is 0.361 e. The lowest BCUT2D eigenvalue weighted by molar-refractivity contribution is 0.0372. The zero-order chi connectivity index (χ0) is 19.4. The quantitative estimate of drug-likeness (QED) is 0.655. The van der Waals surface area contributed by atoms with E-state index < -0.39 is 5.97 Å². The highest BCUT2D eigenvalue weighted by Gasteiger charge is 2.19. The number of aromatic nitrogens is 2. The number of hydrogen-bond donors (Lipinski definition) is 1. The lowest BCUT2D eigenvalue weighted by Crippen LogP contribution is -2.18. The summed E-state index contributed by atoms with van der Waals surface area (Å²) < 4.78 is 5.36. The van der Waals surface area contributed by atoms with Crippen LogP contribution in [0.5, 0.6) is 0 Å². The van der Waals surface area contributed by atoms with Crippen LogP contribution in [0, 0.1) is 13.8 Å². The van der Waals surface area contributed by atoms with Gasteiger partial charge in [0.15, 0.2) is 11.5 Å². The molecule has 27 heavy (non-hydrogen) atoms. The van der Waals surface area contributed by atoms with E-state index >= 15 is 0 Å². The topological polar surface area (TPSA) is 64.1 Å². The molecule has 0 saturated carbocycles. The second-order valence-electron chi connectivity index (χ2n) is 6.96. The molecule has 5 heteroatoms. The van der Waals surface area contributed by atoms with Gasteiger partial charge in [0.1, 0.15) is 0 Å². The molecular weight excluding hydrogens is 338 g/mol. The van der Waals surface area contributed by atoms with Crippen molar-refractivity contribution in [2.75, 3.05) is 11.9 Å². The number of hydrogen-bond acceptors (Lipinski definition) is 5. The highest BCUT2D eigenvalue weighted by Crippen LogP contribution is 2.21. The number of ether oxygens (including phenoxy) is 1. The van der Waals surface area contributed by atoms with E-state index in [1.165, 1.54) is 5.56 Å². The number of esters is 1. The average molecular weight is 363 g/mol. The van der Waals surface area contributed by atoms with Gasteiger partial charge < -0.3 is 10.1 Å². The number of rotatable bonds is 6. The van der Waals surface area contributed by atoms with E-state index in [9.17, 15) is 4.79 Å². The summed E-state index contributed by atoms with van der Waals surface area (Å²) >= 11 is 0. The molecule has 0 unspecified atom stereocenters. The third kappa shape index (κ3) is 4.61. The summed E-state index contributed by atoms with van der Waals surface area (Å²) in [6.45, 7) is 8.36. The average Bonchev–Trinajstić information content (AvgIpc) is 2.63.